The van der Waals surface area contributed by atoms with Crippen LogP contribution in [0.2, 0.25) is 0 Å². The number of esters is 1. The Morgan fingerprint density at radius 1 is 0.965 bits per heavy atom. The third-order valence-corrected chi connectivity index (χ3v) is 8.41. The molecule has 0 spiro atoms. The minimum Gasteiger partial charge on any atom is -0.459 e. The van der Waals surface area contributed by atoms with E-state index in [1.807, 2.05) is 0 Å². The van der Waals surface area contributed by atoms with Gasteiger partial charge in [-0.15, -0.1) is 0 Å². The fourth-order valence-corrected chi connectivity index (χ4v) is 5.90. The van der Waals surface area contributed by atoms with E-state index in [1.54, 1.807) is 79.7 Å². The summed E-state index contributed by atoms with van der Waals surface area (Å²) in [7, 11) is 0. The van der Waals surface area contributed by atoms with Crippen LogP contribution in [0.25, 0.3) is 10.9 Å². The molecule has 5 amide bonds. The summed E-state index contributed by atoms with van der Waals surface area (Å²) in [4.78, 5) is 86.8. The molecule has 2 aromatic rings. The van der Waals surface area contributed by atoms with E-state index >= 15 is 4.39 Å². The molecular weight excluding hydrogens is 745 g/mol. The number of anilines is 2. The zero-order valence-electron chi connectivity index (χ0n) is 33.9. The lowest BCUT2D eigenvalue weighted by Gasteiger charge is -2.36. The van der Waals surface area contributed by atoms with E-state index in [4.69, 9.17) is 23.7 Å². The van der Waals surface area contributed by atoms with Crippen molar-refractivity contribution in [3.63, 3.8) is 0 Å². The number of nitrogens with zero attached hydrogens (tertiary/aromatic N) is 4. The van der Waals surface area contributed by atoms with E-state index in [9.17, 15) is 28.8 Å². The van der Waals surface area contributed by atoms with Gasteiger partial charge in [-0.3, -0.25) is 19.2 Å². The summed E-state index contributed by atoms with van der Waals surface area (Å²) < 4.78 is 42.5. The van der Waals surface area contributed by atoms with Gasteiger partial charge < -0.3 is 38.8 Å². The second-order valence-electron chi connectivity index (χ2n) is 15.4. The average Bonchev–Trinajstić information content (AvgIpc) is 3.11. The highest BCUT2D eigenvalue weighted by molar-refractivity contribution is 6.09. The van der Waals surface area contributed by atoms with Crippen LogP contribution in [-0.2, 0) is 42.9 Å². The number of ether oxygens (including phenoxy) is 5. The Morgan fingerprint density at radius 3 is 2.18 bits per heavy atom. The predicted molar refractivity (Wildman–Crippen MR) is 207 cm³/mol. The number of fused-ring (bicyclic) bond motifs is 1. The Kier molecular flexibility index (Phi) is 14.5. The number of carbonyl (C=O) groups excluding carboxylic acids is 6. The Hall–Kier alpha value is -5.42. The second-order valence-corrected chi connectivity index (χ2v) is 15.4. The minimum atomic E-state index is -1.38. The molecular formula is C40H52FN5O11. The van der Waals surface area contributed by atoms with Gasteiger partial charge in [-0.05, 0) is 91.3 Å². The summed E-state index contributed by atoms with van der Waals surface area (Å²) in [6.45, 7) is 15.6. The van der Waals surface area contributed by atoms with Crippen molar-refractivity contribution in [2.75, 3.05) is 49.7 Å². The van der Waals surface area contributed by atoms with Crippen molar-refractivity contribution in [1.82, 2.24) is 14.8 Å². The van der Waals surface area contributed by atoms with Gasteiger partial charge in [0.2, 0.25) is 5.91 Å². The molecule has 0 saturated carbocycles. The maximum atomic E-state index is 15.1. The van der Waals surface area contributed by atoms with E-state index in [0.717, 1.165) is 6.92 Å². The molecule has 2 saturated heterocycles. The molecule has 2 unspecified atom stereocenters. The average molecular weight is 798 g/mol. The van der Waals surface area contributed by atoms with Crippen LogP contribution in [0.5, 0.6) is 0 Å². The van der Waals surface area contributed by atoms with Crippen LogP contribution in [0.15, 0.2) is 53.5 Å². The highest BCUT2D eigenvalue weighted by Gasteiger charge is 2.40. The molecule has 2 aliphatic heterocycles. The number of rotatable bonds is 10. The predicted octanol–water partition coefficient (Wildman–Crippen LogP) is 5.80. The van der Waals surface area contributed by atoms with Gasteiger partial charge in [-0.2, -0.15) is 4.90 Å². The number of hydrogen-bond acceptors (Lipinski definition) is 12. The first kappa shape index (κ1) is 44.3. The zero-order valence-corrected chi connectivity index (χ0v) is 33.9. The van der Waals surface area contributed by atoms with Gasteiger partial charge in [-0.25, -0.2) is 19.0 Å². The summed E-state index contributed by atoms with van der Waals surface area (Å²) >= 11 is 0. The number of carbonyl (C=O) groups is 6. The van der Waals surface area contributed by atoms with Crippen molar-refractivity contribution in [2.45, 2.75) is 98.6 Å². The van der Waals surface area contributed by atoms with Gasteiger partial charge >= 0.3 is 18.2 Å². The summed E-state index contributed by atoms with van der Waals surface area (Å²) in [5, 5.41) is 3.26. The van der Waals surface area contributed by atoms with E-state index in [0.29, 0.717) is 47.8 Å². The molecule has 0 radical (unpaired) electrons. The molecule has 1 N–H and O–H groups in total. The molecule has 2 atom stereocenters. The number of imide groups is 1. The number of amides is 5. The summed E-state index contributed by atoms with van der Waals surface area (Å²) in [5.41, 5.74) is -1.03. The van der Waals surface area contributed by atoms with Crippen LogP contribution < -0.4 is 10.2 Å². The van der Waals surface area contributed by atoms with Crippen molar-refractivity contribution in [3.05, 3.63) is 53.5 Å². The number of morpholine rings is 2. The number of pyridine rings is 1. The number of nitrogens with one attached hydrogen (secondary N) is 1. The molecule has 310 valence electrons. The Labute approximate surface area is 331 Å². The van der Waals surface area contributed by atoms with Crippen molar-refractivity contribution in [1.29, 1.82) is 0 Å². The highest BCUT2D eigenvalue weighted by Crippen LogP contribution is 2.27. The van der Waals surface area contributed by atoms with Crippen LogP contribution in [0, 0.1) is 0 Å². The normalized spacial score (nSPS) is 17.7. The van der Waals surface area contributed by atoms with Gasteiger partial charge in [-0.1, -0.05) is 6.92 Å². The number of aromatic nitrogens is 1. The maximum Gasteiger partial charge on any atom is 0.425 e. The van der Waals surface area contributed by atoms with Crippen molar-refractivity contribution in [2.24, 2.45) is 0 Å². The van der Waals surface area contributed by atoms with Crippen LogP contribution in [0.3, 0.4) is 0 Å². The Balaban J connectivity index is 1.52. The number of benzene rings is 1. The summed E-state index contributed by atoms with van der Waals surface area (Å²) in [6, 6.07) is 7.74. The molecule has 1 aromatic heterocycles. The lowest BCUT2D eigenvalue weighted by molar-refractivity contribution is -0.172. The lowest BCUT2D eigenvalue weighted by Crippen LogP contribution is -2.53. The molecule has 2 fully saturated rings. The molecule has 0 bridgehead atoms. The minimum absolute atomic E-state index is 0.00658. The fourth-order valence-electron chi connectivity index (χ4n) is 5.90. The van der Waals surface area contributed by atoms with E-state index in [-0.39, 0.29) is 36.7 Å². The van der Waals surface area contributed by atoms with Gasteiger partial charge in [0.25, 0.3) is 11.8 Å². The topological polar surface area (TPSA) is 183 Å². The van der Waals surface area contributed by atoms with Crippen LogP contribution in [0.4, 0.5) is 25.5 Å². The van der Waals surface area contributed by atoms with E-state index in [2.05, 4.69) is 10.3 Å². The van der Waals surface area contributed by atoms with Crippen molar-refractivity contribution >= 4 is 58.3 Å². The summed E-state index contributed by atoms with van der Waals surface area (Å²) in [6.07, 6.45) is -3.84. The van der Waals surface area contributed by atoms with Crippen LogP contribution in [-0.4, -0.2) is 114 Å². The fraction of sp³-hybridized carbons (Fsp3) is 0.525. The molecule has 0 aliphatic carbocycles. The van der Waals surface area contributed by atoms with Crippen LogP contribution >= 0.6 is 0 Å². The van der Waals surface area contributed by atoms with Crippen molar-refractivity contribution in [3.8, 4) is 0 Å². The number of hydrogen-bond donors (Lipinski definition) is 1. The standard InChI is InChI=1S/C40H52FN5O11/c1-10-29(41)28(35(49)44-15-18-53-19-16-44)21-24(2)45-17-20-54-34(36(45)50)31(55-25(3)47)23-33(48)42-27-12-13-30-26(22-27)11-14-32(43-30)46(37(51)56-39(4,5)6)38(52)57-40(7,8)9/h11-14,21-22,31,34H,10,15-20,23H2,1-9H3,(H,42,48)/b24-21+,29-28-. The van der Waals surface area contributed by atoms with Gasteiger partial charge in [0.1, 0.15) is 29.0 Å². The monoisotopic (exact) mass is 797 g/mol. The SMILES string of the molecule is CC/C(F)=C(\C=C(/C)N1CCOC(C(CC(=O)Nc2ccc3nc(N(C(=O)OC(C)(C)C)C(=O)OC(C)(C)C)ccc3c2)OC(C)=O)C1=O)C(=O)N1CCOCC1. The Morgan fingerprint density at radius 2 is 1.60 bits per heavy atom. The molecule has 17 heteroatoms. The third kappa shape index (κ3) is 12.3. The van der Waals surface area contributed by atoms with Crippen LogP contribution in [0.1, 0.15) is 75.2 Å². The van der Waals surface area contributed by atoms with E-state index < -0.39 is 71.5 Å². The first-order chi connectivity index (χ1) is 26.7. The number of halogens is 1. The maximum absolute atomic E-state index is 15.1. The molecule has 57 heavy (non-hydrogen) atoms. The Bertz CT molecular complexity index is 1900. The molecule has 1 aromatic carbocycles. The van der Waals surface area contributed by atoms with Gasteiger partial charge in [0, 0.05) is 43.3 Å². The van der Waals surface area contributed by atoms with Gasteiger partial charge in [0.05, 0.1) is 37.3 Å². The third-order valence-electron chi connectivity index (χ3n) is 8.41. The largest absolute Gasteiger partial charge is 0.459 e. The lowest BCUT2D eigenvalue weighted by atomic mass is 10.1. The highest BCUT2D eigenvalue weighted by atomic mass is 19.1. The summed E-state index contributed by atoms with van der Waals surface area (Å²) in [5.74, 6) is -3.20. The van der Waals surface area contributed by atoms with Crippen molar-refractivity contribution < 1.29 is 56.8 Å². The first-order valence-corrected chi connectivity index (χ1v) is 18.7. The molecule has 3 heterocycles. The quantitative estimate of drug-likeness (QED) is 0.132. The smallest absolute Gasteiger partial charge is 0.425 e. The zero-order chi connectivity index (χ0) is 42.2. The number of allylic oxidation sites excluding steroid dienone is 2. The van der Waals surface area contributed by atoms with Gasteiger partial charge in [0.15, 0.2) is 6.10 Å². The first-order valence-electron chi connectivity index (χ1n) is 18.7. The molecule has 2 aliphatic rings. The van der Waals surface area contributed by atoms with E-state index in [1.165, 1.54) is 21.9 Å². The second kappa shape index (κ2) is 18.7. The molecule has 4 rings (SSSR count). The molecule has 16 nitrogen and oxygen atoms in total.